The first-order valence-corrected chi connectivity index (χ1v) is 8.70. The maximum absolute atomic E-state index is 12.3. The van der Waals surface area contributed by atoms with Gasteiger partial charge in [-0.1, -0.05) is 0 Å². The van der Waals surface area contributed by atoms with Crippen molar-refractivity contribution in [1.29, 1.82) is 0 Å². The summed E-state index contributed by atoms with van der Waals surface area (Å²) in [5.41, 5.74) is 0. The van der Waals surface area contributed by atoms with E-state index in [2.05, 4.69) is 5.32 Å². The number of amides is 2. The minimum Gasteiger partial charge on any atom is -0.480 e. The number of hydrogen-bond acceptors (Lipinski definition) is 4. The maximum Gasteiger partial charge on any atom is 0.327 e. The van der Waals surface area contributed by atoms with Crippen LogP contribution >= 0.6 is 11.8 Å². The minimum absolute atomic E-state index is 0.0264. The largest absolute Gasteiger partial charge is 0.480 e. The van der Waals surface area contributed by atoms with Gasteiger partial charge in [0, 0.05) is 18.9 Å². The molecule has 6 nitrogen and oxygen atoms in total. The maximum atomic E-state index is 12.3. The molecule has 2 saturated carbocycles. The van der Waals surface area contributed by atoms with Gasteiger partial charge in [0.05, 0.1) is 12.0 Å². The Morgan fingerprint density at radius 1 is 1.29 bits per heavy atom. The van der Waals surface area contributed by atoms with E-state index in [0.717, 1.165) is 19.4 Å². The number of nitrogens with one attached hydrogen (secondary N) is 1. The van der Waals surface area contributed by atoms with Crippen molar-refractivity contribution in [3.8, 4) is 0 Å². The fourth-order valence-corrected chi connectivity index (χ4v) is 4.21. The molecule has 2 N–H and O–H groups in total. The molecule has 0 bridgehead atoms. The second-order valence-corrected chi connectivity index (χ2v) is 7.22. The van der Waals surface area contributed by atoms with Crippen LogP contribution in [0.15, 0.2) is 0 Å². The Morgan fingerprint density at radius 2 is 2.05 bits per heavy atom. The molecular formula is C14H22N2O4S. The molecule has 1 saturated heterocycles. The standard InChI is InChI=1S/C14H22N2O4S/c17-13(18)11-8-21-12(10-3-4-10)16(11)14(19)15-5-6-20-7-9-1-2-9/h9-12H,1-8H2,(H,15,19)(H,17,18). The molecule has 1 heterocycles. The van der Waals surface area contributed by atoms with Gasteiger partial charge in [0.1, 0.15) is 6.04 Å². The Hall–Kier alpha value is -0.950. The minimum atomic E-state index is -0.911. The number of ether oxygens (including phenoxy) is 1. The van der Waals surface area contributed by atoms with Gasteiger partial charge in [-0.3, -0.25) is 4.90 Å². The monoisotopic (exact) mass is 314 g/mol. The van der Waals surface area contributed by atoms with E-state index in [1.165, 1.54) is 17.7 Å². The van der Waals surface area contributed by atoms with Crippen molar-refractivity contribution in [1.82, 2.24) is 10.2 Å². The van der Waals surface area contributed by atoms with Crippen molar-refractivity contribution < 1.29 is 19.4 Å². The van der Waals surface area contributed by atoms with Crippen LogP contribution in [0.4, 0.5) is 4.79 Å². The number of urea groups is 1. The van der Waals surface area contributed by atoms with Crippen molar-refractivity contribution >= 4 is 23.8 Å². The van der Waals surface area contributed by atoms with Crippen molar-refractivity contribution in [2.45, 2.75) is 37.1 Å². The summed E-state index contributed by atoms with van der Waals surface area (Å²) < 4.78 is 5.48. The van der Waals surface area contributed by atoms with Crippen LogP contribution in [0.1, 0.15) is 25.7 Å². The molecule has 0 radical (unpaired) electrons. The van der Waals surface area contributed by atoms with Gasteiger partial charge >= 0.3 is 12.0 Å². The van der Waals surface area contributed by atoms with Crippen LogP contribution < -0.4 is 5.32 Å². The van der Waals surface area contributed by atoms with E-state index in [0.29, 0.717) is 30.7 Å². The average Bonchev–Trinajstić information content (AvgIpc) is 3.37. The van der Waals surface area contributed by atoms with E-state index < -0.39 is 12.0 Å². The summed E-state index contributed by atoms with van der Waals surface area (Å²) in [6, 6.07) is -0.965. The number of carbonyl (C=O) groups is 2. The Balaban J connectivity index is 1.46. The number of carboxylic acids is 1. The number of carbonyl (C=O) groups excluding carboxylic acids is 1. The summed E-state index contributed by atoms with van der Waals surface area (Å²) in [6.07, 6.45) is 4.69. The zero-order chi connectivity index (χ0) is 14.8. The van der Waals surface area contributed by atoms with E-state index in [9.17, 15) is 14.7 Å². The van der Waals surface area contributed by atoms with Gasteiger partial charge in [-0.15, -0.1) is 11.8 Å². The molecule has 3 aliphatic rings. The van der Waals surface area contributed by atoms with E-state index in [-0.39, 0.29) is 11.4 Å². The predicted molar refractivity (Wildman–Crippen MR) is 79.2 cm³/mol. The second-order valence-electron chi connectivity index (χ2n) is 6.07. The number of nitrogens with zero attached hydrogens (tertiary/aromatic N) is 1. The number of rotatable bonds is 7. The molecule has 21 heavy (non-hydrogen) atoms. The summed E-state index contributed by atoms with van der Waals surface area (Å²) in [5, 5.41) is 12.1. The number of thioether (sulfide) groups is 1. The fraction of sp³-hybridized carbons (Fsp3) is 0.857. The lowest BCUT2D eigenvalue weighted by Gasteiger charge is -2.27. The molecule has 3 fully saturated rings. The van der Waals surface area contributed by atoms with Gasteiger partial charge < -0.3 is 15.2 Å². The SMILES string of the molecule is O=C(O)C1CSC(C2CC2)N1C(=O)NCCOCC1CC1. The van der Waals surface area contributed by atoms with Crippen molar-refractivity contribution in [2.24, 2.45) is 11.8 Å². The van der Waals surface area contributed by atoms with E-state index in [4.69, 9.17) is 4.74 Å². The van der Waals surface area contributed by atoms with Crippen LogP contribution in [0.3, 0.4) is 0 Å². The Labute approximate surface area is 128 Å². The smallest absolute Gasteiger partial charge is 0.327 e. The van der Waals surface area contributed by atoms with Crippen LogP contribution in [0.2, 0.25) is 0 Å². The molecule has 3 rings (SSSR count). The lowest BCUT2D eigenvalue weighted by atomic mass is 10.2. The fourth-order valence-electron chi connectivity index (χ4n) is 2.58. The van der Waals surface area contributed by atoms with E-state index in [1.54, 1.807) is 11.8 Å². The molecule has 2 amide bonds. The molecule has 0 aromatic rings. The molecule has 118 valence electrons. The van der Waals surface area contributed by atoms with Gasteiger partial charge in [-0.2, -0.15) is 0 Å². The van der Waals surface area contributed by atoms with Crippen LogP contribution in [0.5, 0.6) is 0 Å². The quantitative estimate of drug-likeness (QED) is 0.694. The average molecular weight is 314 g/mol. The first-order valence-electron chi connectivity index (χ1n) is 7.65. The van der Waals surface area contributed by atoms with Gasteiger partial charge in [0.25, 0.3) is 0 Å². The van der Waals surface area contributed by atoms with Crippen LogP contribution in [-0.4, -0.2) is 58.9 Å². The van der Waals surface area contributed by atoms with Gasteiger partial charge in [-0.05, 0) is 37.5 Å². The number of hydrogen-bond donors (Lipinski definition) is 2. The van der Waals surface area contributed by atoms with Gasteiger partial charge in [0.15, 0.2) is 0 Å². The van der Waals surface area contributed by atoms with E-state index >= 15 is 0 Å². The van der Waals surface area contributed by atoms with Crippen molar-refractivity contribution in [3.05, 3.63) is 0 Å². The van der Waals surface area contributed by atoms with Crippen LogP contribution in [-0.2, 0) is 9.53 Å². The topological polar surface area (TPSA) is 78.9 Å². The van der Waals surface area contributed by atoms with Crippen LogP contribution in [0, 0.1) is 11.8 Å². The van der Waals surface area contributed by atoms with E-state index in [1.807, 2.05) is 0 Å². The third-order valence-electron chi connectivity index (χ3n) is 4.15. The first kappa shape index (κ1) is 15.0. The Kier molecular flexibility index (Phi) is 4.59. The molecular weight excluding hydrogens is 292 g/mol. The molecule has 7 heteroatoms. The van der Waals surface area contributed by atoms with Crippen LogP contribution in [0.25, 0.3) is 0 Å². The summed E-state index contributed by atoms with van der Waals surface area (Å²) in [6.45, 7) is 1.71. The molecule has 0 aromatic carbocycles. The number of carboxylic acid groups (broad SMARTS) is 1. The van der Waals surface area contributed by atoms with Gasteiger partial charge in [0.2, 0.25) is 0 Å². The summed E-state index contributed by atoms with van der Waals surface area (Å²) >= 11 is 1.59. The summed E-state index contributed by atoms with van der Waals surface area (Å²) in [4.78, 5) is 25.1. The van der Waals surface area contributed by atoms with Gasteiger partial charge in [-0.25, -0.2) is 9.59 Å². The molecule has 0 aromatic heterocycles. The Morgan fingerprint density at radius 3 is 2.67 bits per heavy atom. The first-order chi connectivity index (χ1) is 10.2. The number of aliphatic carboxylic acids is 1. The molecule has 1 aliphatic heterocycles. The highest BCUT2D eigenvalue weighted by atomic mass is 32.2. The third kappa shape index (κ3) is 3.83. The molecule has 2 unspecified atom stereocenters. The lowest BCUT2D eigenvalue weighted by molar-refractivity contribution is -0.141. The second kappa shape index (κ2) is 6.44. The summed E-state index contributed by atoms with van der Waals surface area (Å²) in [5.74, 6) is 0.760. The normalized spacial score (nSPS) is 28.7. The highest BCUT2D eigenvalue weighted by Crippen LogP contribution is 2.45. The molecule has 2 aliphatic carbocycles. The highest BCUT2D eigenvalue weighted by molar-refractivity contribution is 8.00. The molecule has 0 spiro atoms. The lowest BCUT2D eigenvalue weighted by Crippen LogP contribution is -2.51. The Bertz CT molecular complexity index is 412. The zero-order valence-electron chi connectivity index (χ0n) is 12.0. The zero-order valence-corrected chi connectivity index (χ0v) is 12.8. The van der Waals surface area contributed by atoms with Crippen molar-refractivity contribution in [3.63, 3.8) is 0 Å². The van der Waals surface area contributed by atoms with Crippen molar-refractivity contribution in [2.75, 3.05) is 25.5 Å². The summed E-state index contributed by atoms with van der Waals surface area (Å²) in [7, 11) is 0. The third-order valence-corrected chi connectivity index (χ3v) is 5.61. The highest BCUT2D eigenvalue weighted by Gasteiger charge is 2.48. The predicted octanol–water partition coefficient (Wildman–Crippen LogP) is 1.36. The molecule has 2 atom stereocenters.